The molecule has 0 fully saturated rings. The van der Waals surface area contributed by atoms with Crippen LogP contribution < -0.4 is 5.32 Å². The van der Waals surface area contributed by atoms with Crippen molar-refractivity contribution in [1.82, 2.24) is 19.7 Å². The summed E-state index contributed by atoms with van der Waals surface area (Å²) >= 11 is 0. The van der Waals surface area contributed by atoms with Crippen molar-refractivity contribution < 1.29 is 4.79 Å². The Kier molecular flexibility index (Phi) is 4.48. The molecule has 1 aliphatic heterocycles. The Morgan fingerprint density at radius 2 is 2.00 bits per heavy atom. The fraction of sp³-hybridized carbons (Fsp3) is 0.333. The summed E-state index contributed by atoms with van der Waals surface area (Å²) in [5.41, 5.74) is 4.17. The minimum absolute atomic E-state index is 0.0263. The highest BCUT2D eigenvalue weighted by Crippen LogP contribution is 2.38. The average Bonchev–Trinajstić information content (AvgIpc) is 2.97. The molecule has 0 radical (unpaired) electrons. The number of carbonyl (C=O) groups is 1. The lowest BCUT2D eigenvalue weighted by atomic mass is 9.89. The molecular formula is C21H23N5O. The van der Waals surface area contributed by atoms with E-state index in [1.54, 1.807) is 6.20 Å². The summed E-state index contributed by atoms with van der Waals surface area (Å²) in [6.07, 6.45) is 2.16. The number of nitrogens with zero attached hydrogens (tertiary/aromatic N) is 4. The van der Waals surface area contributed by atoms with Crippen LogP contribution in [0.3, 0.4) is 0 Å². The van der Waals surface area contributed by atoms with Crippen LogP contribution in [0.5, 0.6) is 0 Å². The minimum atomic E-state index is -0.0984. The predicted octanol–water partition coefficient (Wildman–Crippen LogP) is 3.63. The van der Waals surface area contributed by atoms with E-state index in [4.69, 9.17) is 4.98 Å². The van der Waals surface area contributed by atoms with Crippen molar-refractivity contribution in [3.05, 3.63) is 70.9 Å². The molecule has 3 aromatic rings. The Morgan fingerprint density at radius 3 is 2.74 bits per heavy atom. The highest BCUT2D eigenvalue weighted by molar-refractivity contribution is 5.94. The average molecular weight is 361 g/mol. The molecule has 27 heavy (non-hydrogen) atoms. The SMILES string of the molecule is Cc1c2c(nn1Cc1ccccc1)NC(=O)C[C@@H]2c1ccnc(C(C)C)n1. The molecule has 1 N–H and O–H groups in total. The van der Waals surface area contributed by atoms with Crippen molar-refractivity contribution in [2.75, 3.05) is 5.32 Å². The molecule has 3 heterocycles. The first-order valence-electron chi connectivity index (χ1n) is 9.27. The van der Waals surface area contributed by atoms with Gasteiger partial charge in [-0.1, -0.05) is 44.2 Å². The Labute approximate surface area is 158 Å². The van der Waals surface area contributed by atoms with E-state index in [0.717, 1.165) is 22.8 Å². The maximum Gasteiger partial charge on any atom is 0.226 e. The second-order valence-electron chi connectivity index (χ2n) is 7.29. The van der Waals surface area contributed by atoms with E-state index < -0.39 is 0 Å². The third kappa shape index (κ3) is 3.35. The van der Waals surface area contributed by atoms with Gasteiger partial charge in [-0.3, -0.25) is 9.48 Å². The summed E-state index contributed by atoms with van der Waals surface area (Å²) in [6.45, 7) is 6.87. The number of rotatable bonds is 4. The lowest BCUT2D eigenvalue weighted by Gasteiger charge is -2.22. The van der Waals surface area contributed by atoms with Gasteiger partial charge in [0.25, 0.3) is 0 Å². The van der Waals surface area contributed by atoms with Crippen LogP contribution in [0.1, 0.15) is 60.4 Å². The van der Waals surface area contributed by atoms with Crippen molar-refractivity contribution >= 4 is 11.7 Å². The highest BCUT2D eigenvalue weighted by atomic mass is 16.1. The van der Waals surface area contributed by atoms with E-state index in [2.05, 4.69) is 48.3 Å². The molecule has 1 amide bonds. The molecule has 0 spiro atoms. The van der Waals surface area contributed by atoms with Crippen LogP contribution in [-0.4, -0.2) is 25.7 Å². The number of hydrogen-bond acceptors (Lipinski definition) is 4. The molecule has 0 aliphatic carbocycles. The van der Waals surface area contributed by atoms with Crippen LogP contribution in [0.15, 0.2) is 42.6 Å². The van der Waals surface area contributed by atoms with Crippen molar-refractivity contribution in [3.8, 4) is 0 Å². The van der Waals surface area contributed by atoms with Crippen LogP contribution in [0.25, 0.3) is 0 Å². The van der Waals surface area contributed by atoms with Gasteiger partial charge in [-0.05, 0) is 18.6 Å². The van der Waals surface area contributed by atoms with E-state index >= 15 is 0 Å². The second-order valence-corrected chi connectivity index (χ2v) is 7.29. The molecule has 0 bridgehead atoms. The topological polar surface area (TPSA) is 72.7 Å². The molecule has 0 saturated heterocycles. The summed E-state index contributed by atoms with van der Waals surface area (Å²) in [5, 5.41) is 7.60. The third-order valence-corrected chi connectivity index (χ3v) is 4.99. The zero-order valence-electron chi connectivity index (χ0n) is 15.8. The first-order valence-corrected chi connectivity index (χ1v) is 9.27. The zero-order valence-corrected chi connectivity index (χ0v) is 15.8. The number of nitrogens with one attached hydrogen (secondary N) is 1. The lowest BCUT2D eigenvalue weighted by molar-refractivity contribution is -0.116. The molecule has 138 valence electrons. The summed E-state index contributed by atoms with van der Waals surface area (Å²) in [6, 6.07) is 12.1. The van der Waals surface area contributed by atoms with Crippen molar-refractivity contribution in [2.45, 2.75) is 45.6 Å². The molecule has 2 aromatic heterocycles. The summed E-state index contributed by atoms with van der Waals surface area (Å²) < 4.78 is 1.96. The standard InChI is InChI=1S/C21H23N5O/c1-13(2)20-22-10-9-17(23-20)16-11-18(27)24-21-19(16)14(3)26(25-21)12-15-7-5-4-6-8-15/h4-10,13,16H,11-12H2,1-3H3,(H,24,25,27)/t16-/m1/s1. The minimum Gasteiger partial charge on any atom is -0.309 e. The third-order valence-electron chi connectivity index (χ3n) is 4.99. The predicted molar refractivity (Wildman–Crippen MR) is 104 cm³/mol. The van der Waals surface area contributed by atoms with Gasteiger partial charge in [0.05, 0.1) is 12.2 Å². The number of benzene rings is 1. The van der Waals surface area contributed by atoms with E-state index in [-0.39, 0.29) is 17.7 Å². The number of carbonyl (C=O) groups excluding carboxylic acids is 1. The molecule has 1 atom stereocenters. The Hall–Kier alpha value is -3.02. The fourth-order valence-electron chi connectivity index (χ4n) is 3.56. The van der Waals surface area contributed by atoms with Gasteiger partial charge in [0, 0.05) is 35.7 Å². The molecule has 1 aromatic carbocycles. The van der Waals surface area contributed by atoms with Crippen LogP contribution in [0, 0.1) is 6.92 Å². The Bertz CT molecular complexity index is 977. The van der Waals surface area contributed by atoms with Crippen LogP contribution in [0.2, 0.25) is 0 Å². The number of amides is 1. The summed E-state index contributed by atoms with van der Waals surface area (Å²) in [4.78, 5) is 21.4. The second kappa shape index (κ2) is 6.95. The molecule has 0 saturated carbocycles. The molecular weight excluding hydrogens is 338 g/mol. The van der Waals surface area contributed by atoms with Gasteiger partial charge in [0.2, 0.25) is 5.91 Å². The molecule has 6 nitrogen and oxygen atoms in total. The highest BCUT2D eigenvalue weighted by Gasteiger charge is 2.33. The number of aromatic nitrogens is 4. The van der Waals surface area contributed by atoms with Crippen LogP contribution in [0.4, 0.5) is 5.82 Å². The zero-order chi connectivity index (χ0) is 19.0. The van der Waals surface area contributed by atoms with E-state index in [1.165, 1.54) is 5.56 Å². The molecule has 6 heteroatoms. The summed E-state index contributed by atoms with van der Waals surface area (Å²) in [5.74, 6) is 1.56. The van der Waals surface area contributed by atoms with Crippen LogP contribution >= 0.6 is 0 Å². The maximum atomic E-state index is 12.3. The van der Waals surface area contributed by atoms with E-state index in [0.29, 0.717) is 18.8 Å². The van der Waals surface area contributed by atoms with Gasteiger partial charge in [0.15, 0.2) is 5.82 Å². The smallest absolute Gasteiger partial charge is 0.226 e. The first-order chi connectivity index (χ1) is 13.0. The van der Waals surface area contributed by atoms with E-state index in [1.807, 2.05) is 28.9 Å². The van der Waals surface area contributed by atoms with Gasteiger partial charge in [0.1, 0.15) is 5.82 Å². The largest absolute Gasteiger partial charge is 0.309 e. The van der Waals surface area contributed by atoms with Gasteiger partial charge < -0.3 is 5.32 Å². The van der Waals surface area contributed by atoms with Gasteiger partial charge >= 0.3 is 0 Å². The van der Waals surface area contributed by atoms with Gasteiger partial charge in [-0.2, -0.15) is 5.10 Å². The van der Waals surface area contributed by atoms with Crippen molar-refractivity contribution in [2.24, 2.45) is 0 Å². The van der Waals surface area contributed by atoms with Crippen molar-refractivity contribution in [1.29, 1.82) is 0 Å². The summed E-state index contributed by atoms with van der Waals surface area (Å²) in [7, 11) is 0. The lowest BCUT2D eigenvalue weighted by Crippen LogP contribution is -2.24. The van der Waals surface area contributed by atoms with Gasteiger partial charge in [-0.25, -0.2) is 9.97 Å². The van der Waals surface area contributed by atoms with E-state index in [9.17, 15) is 4.79 Å². The van der Waals surface area contributed by atoms with Gasteiger partial charge in [-0.15, -0.1) is 0 Å². The Balaban J connectivity index is 1.75. The Morgan fingerprint density at radius 1 is 1.22 bits per heavy atom. The number of fused-ring (bicyclic) bond motifs is 1. The van der Waals surface area contributed by atoms with Crippen LogP contribution in [-0.2, 0) is 11.3 Å². The van der Waals surface area contributed by atoms with Crippen molar-refractivity contribution in [3.63, 3.8) is 0 Å². The number of anilines is 1. The molecule has 1 aliphatic rings. The maximum absolute atomic E-state index is 12.3. The normalized spacial score (nSPS) is 16.3. The monoisotopic (exact) mass is 361 g/mol. The number of hydrogen-bond donors (Lipinski definition) is 1. The molecule has 0 unspecified atom stereocenters. The quantitative estimate of drug-likeness (QED) is 0.770. The fourth-order valence-corrected chi connectivity index (χ4v) is 3.56. The first kappa shape index (κ1) is 17.4. The molecule has 4 rings (SSSR count).